The topological polar surface area (TPSA) is 58.6 Å². The van der Waals surface area contributed by atoms with Crippen LogP contribution in [0.25, 0.3) is 0 Å². The molecule has 0 aliphatic carbocycles. The van der Waals surface area contributed by atoms with Crippen molar-refractivity contribution in [3.8, 4) is 0 Å². The molecular formula is C14H24N2O3S2. The Balaban J connectivity index is 2.21. The van der Waals surface area contributed by atoms with Crippen LogP contribution < -0.4 is 5.32 Å². The molecule has 2 unspecified atom stereocenters. The SMILES string of the molecule is CCNCc1cc(S(=O)(=O)N2CC(C)OCC2CC)cs1. The van der Waals surface area contributed by atoms with E-state index in [0.29, 0.717) is 24.6 Å². The lowest BCUT2D eigenvalue weighted by atomic mass is 10.2. The van der Waals surface area contributed by atoms with Crippen molar-refractivity contribution in [3.63, 3.8) is 0 Å². The minimum Gasteiger partial charge on any atom is -0.375 e. The number of rotatable bonds is 6. The normalized spacial score (nSPS) is 24.3. The van der Waals surface area contributed by atoms with Gasteiger partial charge < -0.3 is 10.1 Å². The quantitative estimate of drug-likeness (QED) is 0.866. The van der Waals surface area contributed by atoms with Gasteiger partial charge in [-0.15, -0.1) is 11.3 Å². The zero-order chi connectivity index (χ0) is 15.5. The number of ether oxygens (including phenoxy) is 1. The molecule has 1 aliphatic rings. The molecule has 0 saturated carbocycles. The highest BCUT2D eigenvalue weighted by Crippen LogP contribution is 2.27. The first-order valence-corrected chi connectivity index (χ1v) is 9.72. The van der Waals surface area contributed by atoms with Crippen molar-refractivity contribution >= 4 is 21.4 Å². The Morgan fingerprint density at radius 3 is 2.90 bits per heavy atom. The molecule has 2 rings (SSSR count). The van der Waals surface area contributed by atoms with E-state index in [1.54, 1.807) is 15.8 Å². The first-order chi connectivity index (χ1) is 9.98. The number of sulfonamides is 1. The van der Waals surface area contributed by atoms with E-state index in [1.807, 2.05) is 20.8 Å². The van der Waals surface area contributed by atoms with E-state index in [4.69, 9.17) is 4.74 Å². The largest absolute Gasteiger partial charge is 0.375 e. The fraction of sp³-hybridized carbons (Fsp3) is 0.714. The van der Waals surface area contributed by atoms with Crippen LogP contribution in [0.4, 0.5) is 0 Å². The Morgan fingerprint density at radius 2 is 2.24 bits per heavy atom. The van der Waals surface area contributed by atoms with Gasteiger partial charge in [0.05, 0.1) is 17.6 Å². The van der Waals surface area contributed by atoms with E-state index in [9.17, 15) is 8.42 Å². The third-order valence-electron chi connectivity index (χ3n) is 3.67. The highest BCUT2D eigenvalue weighted by molar-refractivity contribution is 7.89. The number of nitrogens with one attached hydrogen (secondary N) is 1. The van der Waals surface area contributed by atoms with Crippen molar-refractivity contribution in [2.75, 3.05) is 19.7 Å². The van der Waals surface area contributed by atoms with Gasteiger partial charge in [0, 0.05) is 29.4 Å². The van der Waals surface area contributed by atoms with Crippen molar-refractivity contribution in [1.29, 1.82) is 0 Å². The van der Waals surface area contributed by atoms with Crippen LogP contribution in [0.2, 0.25) is 0 Å². The van der Waals surface area contributed by atoms with Gasteiger partial charge in [0.1, 0.15) is 0 Å². The van der Waals surface area contributed by atoms with Gasteiger partial charge in [0.2, 0.25) is 10.0 Å². The maximum Gasteiger partial charge on any atom is 0.244 e. The molecule has 5 nitrogen and oxygen atoms in total. The van der Waals surface area contributed by atoms with E-state index < -0.39 is 10.0 Å². The van der Waals surface area contributed by atoms with Crippen LogP contribution in [0.3, 0.4) is 0 Å². The fourth-order valence-corrected chi connectivity index (χ4v) is 5.39. The van der Waals surface area contributed by atoms with Gasteiger partial charge in [-0.05, 0) is 26.0 Å². The fourth-order valence-electron chi connectivity index (χ4n) is 2.40. The molecular weight excluding hydrogens is 308 g/mol. The highest BCUT2D eigenvalue weighted by atomic mass is 32.2. The standard InChI is InChI=1S/C14H24N2O3S2/c1-4-12-9-19-11(3)8-16(12)21(17,18)14-6-13(20-10-14)7-15-5-2/h6,10-12,15H,4-5,7-9H2,1-3H3. The number of hydrogen-bond acceptors (Lipinski definition) is 5. The van der Waals surface area contributed by atoms with Gasteiger partial charge in [-0.2, -0.15) is 4.31 Å². The lowest BCUT2D eigenvalue weighted by molar-refractivity contribution is -0.0230. The van der Waals surface area contributed by atoms with Gasteiger partial charge in [0.15, 0.2) is 0 Å². The Bertz CT molecular complexity index is 556. The summed E-state index contributed by atoms with van der Waals surface area (Å²) >= 11 is 1.49. The Labute approximate surface area is 131 Å². The monoisotopic (exact) mass is 332 g/mol. The predicted octanol–water partition coefficient (Wildman–Crippen LogP) is 2.05. The van der Waals surface area contributed by atoms with Crippen molar-refractivity contribution in [2.24, 2.45) is 0 Å². The molecule has 120 valence electrons. The van der Waals surface area contributed by atoms with Crippen molar-refractivity contribution in [2.45, 2.75) is 50.8 Å². The van der Waals surface area contributed by atoms with E-state index in [2.05, 4.69) is 5.32 Å². The molecule has 1 saturated heterocycles. The number of nitrogens with zero attached hydrogens (tertiary/aromatic N) is 1. The van der Waals surface area contributed by atoms with Gasteiger partial charge in [-0.25, -0.2) is 8.42 Å². The molecule has 0 aromatic carbocycles. The average Bonchev–Trinajstić information content (AvgIpc) is 2.94. The maximum absolute atomic E-state index is 12.8. The summed E-state index contributed by atoms with van der Waals surface area (Å²) in [6.07, 6.45) is 0.711. The summed E-state index contributed by atoms with van der Waals surface area (Å²) in [5, 5.41) is 4.96. The van der Waals surface area contributed by atoms with Crippen LogP contribution >= 0.6 is 11.3 Å². The zero-order valence-corrected chi connectivity index (χ0v) is 14.5. The summed E-state index contributed by atoms with van der Waals surface area (Å²) in [4.78, 5) is 1.46. The molecule has 1 fully saturated rings. The van der Waals surface area contributed by atoms with Crippen LogP contribution in [0.15, 0.2) is 16.3 Å². The molecule has 2 heterocycles. The van der Waals surface area contributed by atoms with Gasteiger partial charge >= 0.3 is 0 Å². The maximum atomic E-state index is 12.8. The van der Waals surface area contributed by atoms with E-state index in [-0.39, 0.29) is 12.1 Å². The van der Waals surface area contributed by atoms with Crippen LogP contribution in [0, 0.1) is 0 Å². The molecule has 1 aliphatic heterocycles. The van der Waals surface area contributed by atoms with E-state index in [1.165, 1.54) is 11.3 Å². The summed E-state index contributed by atoms with van der Waals surface area (Å²) < 4.78 is 32.9. The minimum absolute atomic E-state index is 0.0533. The molecule has 0 bridgehead atoms. The molecule has 1 aromatic heterocycles. The molecule has 7 heteroatoms. The summed E-state index contributed by atoms with van der Waals surface area (Å²) in [6, 6.07) is 1.72. The second kappa shape index (κ2) is 7.19. The van der Waals surface area contributed by atoms with Crippen molar-refractivity contribution in [1.82, 2.24) is 9.62 Å². The molecule has 2 atom stereocenters. The summed E-state index contributed by atoms with van der Waals surface area (Å²) in [5.41, 5.74) is 0. The van der Waals surface area contributed by atoms with Crippen LogP contribution in [-0.4, -0.2) is 44.6 Å². The summed E-state index contributed by atoms with van der Waals surface area (Å²) in [7, 11) is -3.42. The summed E-state index contributed by atoms with van der Waals surface area (Å²) in [6.45, 7) is 8.44. The van der Waals surface area contributed by atoms with Crippen molar-refractivity contribution < 1.29 is 13.2 Å². The Kier molecular flexibility index (Phi) is 5.79. The second-order valence-electron chi connectivity index (χ2n) is 5.31. The van der Waals surface area contributed by atoms with Gasteiger partial charge in [-0.1, -0.05) is 13.8 Å². The molecule has 21 heavy (non-hydrogen) atoms. The Morgan fingerprint density at radius 1 is 1.48 bits per heavy atom. The number of hydrogen-bond donors (Lipinski definition) is 1. The molecule has 0 amide bonds. The first kappa shape index (κ1) is 16.9. The number of thiophene rings is 1. The smallest absolute Gasteiger partial charge is 0.244 e. The highest BCUT2D eigenvalue weighted by Gasteiger charge is 2.35. The lowest BCUT2D eigenvalue weighted by Gasteiger charge is -2.36. The molecule has 1 N–H and O–H groups in total. The van der Waals surface area contributed by atoms with Gasteiger partial charge in [-0.3, -0.25) is 0 Å². The van der Waals surface area contributed by atoms with Crippen LogP contribution in [0.5, 0.6) is 0 Å². The third-order valence-corrected chi connectivity index (χ3v) is 6.66. The average molecular weight is 332 g/mol. The first-order valence-electron chi connectivity index (χ1n) is 7.40. The zero-order valence-electron chi connectivity index (χ0n) is 12.8. The Hall–Kier alpha value is -0.470. The van der Waals surface area contributed by atoms with Gasteiger partial charge in [0.25, 0.3) is 0 Å². The van der Waals surface area contributed by atoms with E-state index >= 15 is 0 Å². The van der Waals surface area contributed by atoms with Crippen molar-refractivity contribution in [3.05, 3.63) is 16.3 Å². The minimum atomic E-state index is -3.42. The van der Waals surface area contributed by atoms with Crippen LogP contribution in [-0.2, 0) is 21.3 Å². The second-order valence-corrected chi connectivity index (χ2v) is 8.20. The summed E-state index contributed by atoms with van der Waals surface area (Å²) in [5.74, 6) is 0. The number of morpholine rings is 1. The molecule has 0 radical (unpaired) electrons. The van der Waals surface area contributed by atoms with E-state index in [0.717, 1.165) is 17.8 Å². The third kappa shape index (κ3) is 3.84. The molecule has 0 spiro atoms. The predicted molar refractivity (Wildman–Crippen MR) is 85.1 cm³/mol. The molecule has 1 aromatic rings. The van der Waals surface area contributed by atoms with Crippen LogP contribution in [0.1, 0.15) is 32.1 Å². The lowest BCUT2D eigenvalue weighted by Crippen LogP contribution is -2.51.